The smallest absolute Gasteiger partial charge is 0.111 e. The highest BCUT2D eigenvalue weighted by Crippen LogP contribution is 2.32. The first-order valence-electron chi connectivity index (χ1n) is 11.9. The Kier molecular flexibility index (Phi) is 4.75. The lowest BCUT2D eigenvalue weighted by atomic mass is 9.89. The molecule has 2 aliphatic heterocycles. The zero-order valence-corrected chi connectivity index (χ0v) is 17.8. The second-order valence-corrected chi connectivity index (χ2v) is 9.40. The van der Waals surface area contributed by atoms with E-state index < -0.39 is 0 Å². The molecule has 2 fully saturated rings. The number of hydrogen-bond acceptors (Lipinski definition) is 3. The summed E-state index contributed by atoms with van der Waals surface area (Å²) in [5, 5.41) is 0. The van der Waals surface area contributed by atoms with Crippen LogP contribution in [0.15, 0.2) is 48.5 Å². The van der Waals surface area contributed by atoms with E-state index in [1.807, 2.05) is 0 Å². The van der Waals surface area contributed by atoms with Gasteiger partial charge in [0.05, 0.1) is 11.0 Å². The van der Waals surface area contributed by atoms with Crippen LogP contribution in [0.5, 0.6) is 0 Å². The fourth-order valence-corrected chi connectivity index (χ4v) is 5.70. The van der Waals surface area contributed by atoms with Crippen LogP contribution in [0, 0.1) is 0 Å². The summed E-state index contributed by atoms with van der Waals surface area (Å²) < 4.78 is 2.51. The van der Waals surface area contributed by atoms with Crippen molar-refractivity contribution in [2.24, 2.45) is 0 Å². The molecular weight excluding hydrogens is 368 g/mol. The van der Waals surface area contributed by atoms with Gasteiger partial charge in [0, 0.05) is 50.9 Å². The highest BCUT2D eigenvalue weighted by molar-refractivity contribution is 5.80. The van der Waals surface area contributed by atoms with E-state index in [0.29, 0.717) is 5.92 Å². The van der Waals surface area contributed by atoms with Crippen molar-refractivity contribution in [2.45, 2.75) is 57.0 Å². The standard InChI is InChI=1S/C26H32N4/c1-2-5-20(6-3-1)21-11-14-28(15-12-21)23-9-10-24-25(19-23)30-18-17-29(22-7-4-8-22)16-13-26(30)27-24/h1-3,5-6,9-10,19,21-22H,4,7-8,11-18H2. The summed E-state index contributed by atoms with van der Waals surface area (Å²) >= 11 is 0. The number of rotatable bonds is 3. The Morgan fingerprint density at radius 3 is 2.40 bits per heavy atom. The number of fused-ring (bicyclic) bond motifs is 3. The van der Waals surface area contributed by atoms with Gasteiger partial charge in [0.25, 0.3) is 0 Å². The second-order valence-electron chi connectivity index (χ2n) is 9.40. The topological polar surface area (TPSA) is 24.3 Å². The molecule has 0 N–H and O–H groups in total. The molecule has 3 aliphatic rings. The second kappa shape index (κ2) is 7.73. The third kappa shape index (κ3) is 3.31. The van der Waals surface area contributed by atoms with E-state index in [2.05, 4.69) is 62.9 Å². The first-order valence-corrected chi connectivity index (χ1v) is 11.9. The molecule has 3 heterocycles. The predicted octanol–water partition coefficient (Wildman–Crippen LogP) is 4.83. The quantitative estimate of drug-likeness (QED) is 0.629. The van der Waals surface area contributed by atoms with Crippen LogP contribution in [0.1, 0.15) is 49.4 Å². The van der Waals surface area contributed by atoms with Crippen molar-refractivity contribution in [1.82, 2.24) is 14.5 Å². The van der Waals surface area contributed by atoms with Gasteiger partial charge in [-0.15, -0.1) is 0 Å². The molecule has 156 valence electrons. The average molecular weight is 401 g/mol. The van der Waals surface area contributed by atoms with E-state index in [-0.39, 0.29) is 0 Å². The normalized spacial score (nSPS) is 21.4. The van der Waals surface area contributed by atoms with E-state index in [0.717, 1.165) is 32.1 Å². The minimum Gasteiger partial charge on any atom is -0.371 e. The molecule has 0 amide bonds. The van der Waals surface area contributed by atoms with Gasteiger partial charge in [-0.2, -0.15) is 0 Å². The summed E-state index contributed by atoms with van der Waals surface area (Å²) in [6, 6.07) is 18.8. The van der Waals surface area contributed by atoms with E-state index in [1.54, 1.807) is 0 Å². The van der Waals surface area contributed by atoms with Crippen LogP contribution in [0.25, 0.3) is 11.0 Å². The van der Waals surface area contributed by atoms with Gasteiger partial charge in [0.2, 0.25) is 0 Å². The van der Waals surface area contributed by atoms with Gasteiger partial charge in [0.1, 0.15) is 5.82 Å². The Morgan fingerprint density at radius 1 is 0.800 bits per heavy atom. The molecule has 3 aromatic rings. The maximum absolute atomic E-state index is 5.01. The van der Waals surface area contributed by atoms with Gasteiger partial charge in [-0.3, -0.25) is 4.90 Å². The average Bonchev–Trinajstić information content (AvgIpc) is 2.99. The van der Waals surface area contributed by atoms with E-state index in [4.69, 9.17) is 4.98 Å². The zero-order valence-electron chi connectivity index (χ0n) is 17.8. The Labute approximate surface area is 179 Å². The van der Waals surface area contributed by atoms with Crippen molar-refractivity contribution in [3.63, 3.8) is 0 Å². The molecule has 1 aromatic heterocycles. The van der Waals surface area contributed by atoms with Crippen LogP contribution in [0.2, 0.25) is 0 Å². The Balaban J connectivity index is 1.20. The monoisotopic (exact) mass is 400 g/mol. The molecule has 1 saturated heterocycles. The van der Waals surface area contributed by atoms with E-state index >= 15 is 0 Å². The van der Waals surface area contributed by atoms with Gasteiger partial charge in [-0.05, 0) is 55.4 Å². The number of imidazole rings is 1. The fraction of sp³-hybridized carbons (Fsp3) is 0.500. The Bertz CT molecular complexity index is 1010. The summed E-state index contributed by atoms with van der Waals surface area (Å²) in [7, 11) is 0. The number of aromatic nitrogens is 2. The molecule has 0 bridgehead atoms. The molecule has 1 aliphatic carbocycles. The van der Waals surface area contributed by atoms with Crippen molar-refractivity contribution in [3.8, 4) is 0 Å². The molecule has 0 radical (unpaired) electrons. The lowest BCUT2D eigenvalue weighted by Gasteiger charge is -2.36. The molecule has 0 spiro atoms. The van der Waals surface area contributed by atoms with Crippen LogP contribution in [-0.4, -0.2) is 46.7 Å². The number of benzene rings is 2. The summed E-state index contributed by atoms with van der Waals surface area (Å²) in [4.78, 5) is 10.3. The molecule has 1 saturated carbocycles. The van der Waals surface area contributed by atoms with Crippen LogP contribution in [0.3, 0.4) is 0 Å². The number of nitrogens with zero attached hydrogens (tertiary/aromatic N) is 4. The highest BCUT2D eigenvalue weighted by Gasteiger charge is 2.27. The maximum Gasteiger partial charge on any atom is 0.111 e. The fourth-order valence-electron chi connectivity index (χ4n) is 5.70. The summed E-state index contributed by atoms with van der Waals surface area (Å²) in [5.41, 5.74) is 5.38. The van der Waals surface area contributed by atoms with Gasteiger partial charge in [-0.1, -0.05) is 36.8 Å². The van der Waals surface area contributed by atoms with Gasteiger partial charge in [0.15, 0.2) is 0 Å². The lowest BCUT2D eigenvalue weighted by molar-refractivity contribution is 0.130. The first-order chi connectivity index (χ1) is 14.8. The van der Waals surface area contributed by atoms with Crippen molar-refractivity contribution in [1.29, 1.82) is 0 Å². The highest BCUT2D eigenvalue weighted by atomic mass is 15.2. The molecule has 0 atom stereocenters. The van der Waals surface area contributed by atoms with Crippen LogP contribution in [0.4, 0.5) is 5.69 Å². The van der Waals surface area contributed by atoms with Crippen molar-refractivity contribution in [3.05, 3.63) is 59.9 Å². The van der Waals surface area contributed by atoms with E-state index in [1.165, 1.54) is 73.3 Å². The number of hydrogen-bond donors (Lipinski definition) is 0. The Morgan fingerprint density at radius 2 is 1.63 bits per heavy atom. The molecular formula is C26H32N4. The molecule has 2 aromatic carbocycles. The first kappa shape index (κ1) is 18.4. The lowest BCUT2D eigenvalue weighted by Crippen LogP contribution is -2.41. The summed E-state index contributed by atoms with van der Waals surface area (Å²) in [5.74, 6) is 1.99. The van der Waals surface area contributed by atoms with Gasteiger partial charge in [-0.25, -0.2) is 4.98 Å². The van der Waals surface area contributed by atoms with Crippen LogP contribution in [-0.2, 0) is 13.0 Å². The Hall–Kier alpha value is -2.33. The molecule has 4 heteroatoms. The summed E-state index contributed by atoms with van der Waals surface area (Å²) in [6.45, 7) is 5.72. The van der Waals surface area contributed by atoms with Gasteiger partial charge < -0.3 is 9.47 Å². The SMILES string of the molecule is c1ccc(C2CCN(c3ccc4nc5n(c4c3)CCN(C3CCC3)CC5)CC2)cc1. The molecule has 30 heavy (non-hydrogen) atoms. The molecule has 6 rings (SSSR count). The van der Waals surface area contributed by atoms with Crippen LogP contribution < -0.4 is 4.90 Å². The summed E-state index contributed by atoms with van der Waals surface area (Å²) in [6.07, 6.45) is 7.77. The van der Waals surface area contributed by atoms with Crippen molar-refractivity contribution >= 4 is 16.7 Å². The zero-order chi connectivity index (χ0) is 19.9. The predicted molar refractivity (Wildman–Crippen MR) is 123 cm³/mol. The third-order valence-electron chi connectivity index (χ3n) is 7.77. The number of piperidine rings is 1. The maximum atomic E-state index is 5.01. The minimum absolute atomic E-state index is 0.704. The van der Waals surface area contributed by atoms with E-state index in [9.17, 15) is 0 Å². The van der Waals surface area contributed by atoms with Crippen molar-refractivity contribution < 1.29 is 0 Å². The molecule has 4 nitrogen and oxygen atoms in total. The number of anilines is 1. The van der Waals surface area contributed by atoms with Crippen molar-refractivity contribution in [2.75, 3.05) is 31.1 Å². The molecule has 0 unspecified atom stereocenters. The third-order valence-corrected chi connectivity index (χ3v) is 7.77. The minimum atomic E-state index is 0.704. The van der Waals surface area contributed by atoms with Crippen LogP contribution >= 0.6 is 0 Å². The largest absolute Gasteiger partial charge is 0.371 e. The van der Waals surface area contributed by atoms with Gasteiger partial charge >= 0.3 is 0 Å².